The van der Waals surface area contributed by atoms with Gasteiger partial charge >= 0.3 is 0 Å². The Morgan fingerprint density at radius 3 is 2.57 bits per heavy atom. The first-order valence-electron chi connectivity index (χ1n) is 7.37. The fourth-order valence-corrected chi connectivity index (χ4v) is 4.71. The minimum absolute atomic E-state index is 0.0669. The highest BCUT2D eigenvalue weighted by molar-refractivity contribution is 7.89. The van der Waals surface area contributed by atoms with Crippen LogP contribution < -0.4 is 4.72 Å². The fraction of sp³-hybridized carbons (Fsp3) is 0.250. The molecule has 1 saturated carbocycles. The number of sulfonamides is 1. The number of hydrogen-bond donors (Lipinski definition) is 1. The van der Waals surface area contributed by atoms with Crippen LogP contribution in [-0.4, -0.2) is 23.7 Å². The molecule has 1 N–H and O–H groups in total. The monoisotopic (exact) mass is 345 g/mol. The maximum Gasteiger partial charge on any atom is 0.242 e. The molecule has 0 spiro atoms. The molecule has 7 heteroatoms. The first-order valence-corrected chi connectivity index (χ1v) is 9.59. The molecule has 23 heavy (non-hydrogen) atoms. The maximum atomic E-state index is 12.7. The van der Waals surface area contributed by atoms with Gasteiger partial charge in [-0.25, -0.2) is 13.1 Å². The van der Waals surface area contributed by atoms with Gasteiger partial charge in [0, 0.05) is 12.0 Å². The van der Waals surface area contributed by atoms with E-state index in [2.05, 4.69) is 25.6 Å². The summed E-state index contributed by atoms with van der Waals surface area (Å²) in [6.07, 6.45) is 2.00. The van der Waals surface area contributed by atoms with Crippen LogP contribution in [0.5, 0.6) is 0 Å². The molecule has 0 unspecified atom stereocenters. The predicted molar refractivity (Wildman–Crippen MR) is 90.0 cm³/mol. The molecule has 0 amide bonds. The molecule has 0 bridgehead atoms. The number of aromatic nitrogens is 2. The summed E-state index contributed by atoms with van der Waals surface area (Å²) < 4.78 is 36.3. The molecule has 0 saturated heterocycles. The van der Waals surface area contributed by atoms with E-state index in [-0.39, 0.29) is 10.3 Å². The lowest BCUT2D eigenvalue weighted by atomic mass is 9.96. The van der Waals surface area contributed by atoms with Crippen molar-refractivity contribution in [2.75, 3.05) is 6.54 Å². The quantitative estimate of drug-likeness (QED) is 0.772. The van der Waals surface area contributed by atoms with E-state index in [0.29, 0.717) is 17.6 Å². The Morgan fingerprint density at radius 1 is 1.04 bits per heavy atom. The number of benzene rings is 2. The average Bonchev–Trinajstić information content (AvgIpc) is 3.22. The second kappa shape index (κ2) is 5.36. The molecule has 3 aromatic rings. The van der Waals surface area contributed by atoms with Crippen LogP contribution in [0.25, 0.3) is 11.0 Å². The zero-order chi connectivity index (χ0) is 15.9. The van der Waals surface area contributed by atoms with Crippen LogP contribution >= 0.6 is 11.7 Å². The van der Waals surface area contributed by atoms with Gasteiger partial charge in [0.15, 0.2) is 0 Å². The Morgan fingerprint density at radius 2 is 1.83 bits per heavy atom. The largest absolute Gasteiger partial charge is 0.242 e. The van der Waals surface area contributed by atoms with Crippen LogP contribution in [0.1, 0.15) is 18.4 Å². The topological polar surface area (TPSA) is 72.0 Å². The molecule has 118 valence electrons. The molecule has 2 aromatic carbocycles. The van der Waals surface area contributed by atoms with E-state index < -0.39 is 10.0 Å². The van der Waals surface area contributed by atoms with Gasteiger partial charge in [-0.3, -0.25) is 0 Å². The van der Waals surface area contributed by atoms with Gasteiger partial charge in [-0.05, 0) is 30.5 Å². The van der Waals surface area contributed by atoms with Crippen molar-refractivity contribution >= 4 is 32.8 Å². The summed E-state index contributed by atoms with van der Waals surface area (Å²) in [4.78, 5) is 0.201. The van der Waals surface area contributed by atoms with Gasteiger partial charge in [0.2, 0.25) is 10.0 Å². The Bertz CT molecular complexity index is 948. The molecule has 0 radical (unpaired) electrons. The third-order valence-electron chi connectivity index (χ3n) is 4.38. The fourth-order valence-electron chi connectivity index (χ4n) is 2.82. The number of rotatable bonds is 5. The lowest BCUT2D eigenvalue weighted by Crippen LogP contribution is -2.32. The Kier molecular flexibility index (Phi) is 3.44. The summed E-state index contributed by atoms with van der Waals surface area (Å²) in [6.45, 7) is 0.410. The molecule has 1 heterocycles. The second-order valence-corrected chi connectivity index (χ2v) is 8.12. The molecule has 5 nitrogen and oxygen atoms in total. The number of nitrogens with zero attached hydrogens (tertiary/aromatic N) is 2. The van der Waals surface area contributed by atoms with Crippen LogP contribution in [0.2, 0.25) is 0 Å². The summed E-state index contributed by atoms with van der Waals surface area (Å²) in [5.74, 6) is 0. The van der Waals surface area contributed by atoms with E-state index in [1.165, 1.54) is 5.56 Å². The van der Waals surface area contributed by atoms with Crippen LogP contribution in [0.15, 0.2) is 53.4 Å². The summed E-state index contributed by atoms with van der Waals surface area (Å²) in [5, 5.41) is 0. The van der Waals surface area contributed by atoms with Crippen molar-refractivity contribution < 1.29 is 8.42 Å². The Balaban J connectivity index is 1.60. The van der Waals surface area contributed by atoms with Crippen molar-refractivity contribution in [2.45, 2.75) is 23.2 Å². The number of hydrogen-bond acceptors (Lipinski definition) is 5. The molecule has 1 aromatic heterocycles. The normalized spacial score (nSPS) is 16.5. The van der Waals surface area contributed by atoms with E-state index in [0.717, 1.165) is 24.6 Å². The smallest absolute Gasteiger partial charge is 0.210 e. The minimum Gasteiger partial charge on any atom is -0.210 e. The number of nitrogens with one attached hydrogen (secondary N) is 1. The van der Waals surface area contributed by atoms with Crippen molar-refractivity contribution in [1.29, 1.82) is 0 Å². The minimum atomic E-state index is -3.60. The van der Waals surface area contributed by atoms with Gasteiger partial charge < -0.3 is 0 Å². The molecule has 1 aliphatic rings. The standard InChI is InChI=1S/C16H15N3O2S2/c20-23(21,14-8-4-7-13-15(14)19-22-18-13)17-11-16(9-10-16)12-5-2-1-3-6-12/h1-8,17H,9-11H2. The third-order valence-corrected chi connectivity index (χ3v) is 6.35. The maximum absolute atomic E-state index is 12.7. The van der Waals surface area contributed by atoms with Gasteiger partial charge in [0.1, 0.15) is 15.9 Å². The van der Waals surface area contributed by atoms with E-state index >= 15 is 0 Å². The van der Waals surface area contributed by atoms with Gasteiger partial charge in [0.05, 0.1) is 11.7 Å². The van der Waals surface area contributed by atoms with E-state index in [4.69, 9.17) is 0 Å². The van der Waals surface area contributed by atoms with Crippen molar-refractivity contribution in [3.8, 4) is 0 Å². The van der Waals surface area contributed by atoms with Crippen LogP contribution in [0, 0.1) is 0 Å². The second-order valence-electron chi connectivity index (χ2n) is 5.86. The Labute approximate surface area is 138 Å². The van der Waals surface area contributed by atoms with Crippen molar-refractivity contribution in [2.24, 2.45) is 0 Å². The third kappa shape index (κ3) is 2.65. The SMILES string of the molecule is O=S(=O)(NCC1(c2ccccc2)CC1)c1cccc2nsnc12. The molecule has 0 aliphatic heterocycles. The molecule has 1 aliphatic carbocycles. The molecular weight excluding hydrogens is 330 g/mol. The van der Waals surface area contributed by atoms with Crippen molar-refractivity contribution in [1.82, 2.24) is 13.5 Å². The zero-order valence-electron chi connectivity index (χ0n) is 12.3. The van der Waals surface area contributed by atoms with E-state index in [1.54, 1.807) is 18.2 Å². The van der Waals surface area contributed by atoms with E-state index in [9.17, 15) is 8.42 Å². The first kappa shape index (κ1) is 14.7. The van der Waals surface area contributed by atoms with Crippen LogP contribution in [0.3, 0.4) is 0 Å². The van der Waals surface area contributed by atoms with E-state index in [1.807, 2.05) is 18.2 Å². The van der Waals surface area contributed by atoms with Crippen LogP contribution in [-0.2, 0) is 15.4 Å². The average molecular weight is 345 g/mol. The zero-order valence-corrected chi connectivity index (χ0v) is 13.9. The summed E-state index contributed by atoms with van der Waals surface area (Å²) in [5.41, 5.74) is 2.18. The highest BCUT2D eigenvalue weighted by Gasteiger charge is 2.44. The lowest BCUT2D eigenvalue weighted by molar-refractivity contribution is 0.568. The van der Waals surface area contributed by atoms with Gasteiger partial charge in [-0.2, -0.15) is 8.75 Å². The summed E-state index contributed by atoms with van der Waals surface area (Å²) in [7, 11) is -3.60. The van der Waals surface area contributed by atoms with Crippen LogP contribution in [0.4, 0.5) is 0 Å². The summed E-state index contributed by atoms with van der Waals surface area (Å²) in [6, 6.07) is 15.1. The highest BCUT2D eigenvalue weighted by atomic mass is 32.2. The van der Waals surface area contributed by atoms with Crippen molar-refractivity contribution in [3.63, 3.8) is 0 Å². The number of fused-ring (bicyclic) bond motifs is 1. The summed E-state index contributed by atoms with van der Waals surface area (Å²) >= 11 is 1.02. The molecule has 4 rings (SSSR count). The predicted octanol–water partition coefficient (Wildman–Crippen LogP) is 2.70. The molecular formula is C16H15N3O2S2. The van der Waals surface area contributed by atoms with Gasteiger partial charge in [-0.15, -0.1) is 0 Å². The molecule has 0 atom stereocenters. The van der Waals surface area contributed by atoms with Crippen molar-refractivity contribution in [3.05, 3.63) is 54.1 Å². The lowest BCUT2D eigenvalue weighted by Gasteiger charge is -2.16. The first-order chi connectivity index (χ1) is 11.1. The van der Waals surface area contributed by atoms with Gasteiger partial charge in [-0.1, -0.05) is 36.4 Å². The highest BCUT2D eigenvalue weighted by Crippen LogP contribution is 2.47. The Hall–Kier alpha value is -1.83. The molecule has 1 fully saturated rings. The van der Waals surface area contributed by atoms with Gasteiger partial charge in [0.25, 0.3) is 0 Å².